The van der Waals surface area contributed by atoms with Gasteiger partial charge in [0.15, 0.2) is 0 Å². The summed E-state index contributed by atoms with van der Waals surface area (Å²) in [4.78, 5) is 36.8. The fraction of sp³-hybridized carbons (Fsp3) is 0.609. The Morgan fingerprint density at radius 2 is 1.71 bits per heavy atom. The van der Waals surface area contributed by atoms with Crippen molar-refractivity contribution in [3.63, 3.8) is 0 Å². The van der Waals surface area contributed by atoms with Crippen LogP contribution < -0.4 is 10.6 Å². The molecule has 0 radical (unpaired) electrons. The lowest BCUT2D eigenvalue weighted by atomic mass is 9.81. The molecule has 0 aliphatic heterocycles. The van der Waals surface area contributed by atoms with Gasteiger partial charge in [-0.3, -0.25) is 4.79 Å². The third kappa shape index (κ3) is 8.77. The van der Waals surface area contributed by atoms with Gasteiger partial charge < -0.3 is 20.1 Å². The number of carbonyl (C=O) groups excluding carboxylic acids is 3. The number of alkyl carbamates (subject to hydrolysis) is 1. The summed E-state index contributed by atoms with van der Waals surface area (Å²) in [6.45, 7) is 6.01. The van der Waals surface area contributed by atoms with Gasteiger partial charge in [-0.25, -0.2) is 9.59 Å². The molecule has 8 heteroatoms. The number of esters is 1. The van der Waals surface area contributed by atoms with Gasteiger partial charge in [-0.1, -0.05) is 23.7 Å². The largest absolute Gasteiger partial charge is 0.467 e. The summed E-state index contributed by atoms with van der Waals surface area (Å²) in [6.07, 6.45) is 2.99. The molecule has 0 aromatic heterocycles. The van der Waals surface area contributed by atoms with Crippen molar-refractivity contribution >= 4 is 29.6 Å². The number of nitrogens with one attached hydrogen (secondary N) is 2. The number of hydrogen-bond donors (Lipinski definition) is 2. The molecule has 1 aliphatic rings. The Kier molecular flexibility index (Phi) is 9.16. The highest BCUT2D eigenvalue weighted by atomic mass is 35.5. The van der Waals surface area contributed by atoms with Crippen molar-refractivity contribution in [1.29, 1.82) is 0 Å². The normalized spacial score (nSPS) is 19.8. The molecule has 172 valence electrons. The van der Waals surface area contributed by atoms with E-state index in [9.17, 15) is 14.4 Å². The Hall–Kier alpha value is -2.28. The van der Waals surface area contributed by atoms with Crippen LogP contribution in [-0.2, 0) is 25.5 Å². The quantitative estimate of drug-likeness (QED) is 0.612. The molecule has 0 spiro atoms. The zero-order chi connectivity index (χ0) is 23.0. The van der Waals surface area contributed by atoms with Crippen LogP contribution in [0.5, 0.6) is 0 Å². The van der Waals surface area contributed by atoms with Gasteiger partial charge in [-0.15, -0.1) is 0 Å². The van der Waals surface area contributed by atoms with E-state index in [0.717, 1.165) is 18.4 Å². The van der Waals surface area contributed by atoms with E-state index in [4.69, 9.17) is 21.1 Å². The van der Waals surface area contributed by atoms with Crippen molar-refractivity contribution in [1.82, 2.24) is 10.6 Å². The summed E-state index contributed by atoms with van der Waals surface area (Å²) in [6, 6.07) is 6.41. The zero-order valence-electron chi connectivity index (χ0n) is 18.7. The van der Waals surface area contributed by atoms with Crippen LogP contribution in [0, 0.1) is 11.8 Å². The van der Waals surface area contributed by atoms with Crippen molar-refractivity contribution in [2.75, 3.05) is 13.7 Å². The molecule has 2 amide bonds. The first-order chi connectivity index (χ1) is 14.6. The third-order valence-electron chi connectivity index (χ3n) is 5.31. The lowest BCUT2D eigenvalue weighted by molar-refractivity contribution is -0.145. The second kappa shape index (κ2) is 11.4. The smallest absolute Gasteiger partial charge is 0.407 e. The van der Waals surface area contributed by atoms with Crippen LogP contribution >= 0.6 is 11.6 Å². The first-order valence-electron chi connectivity index (χ1n) is 10.7. The fourth-order valence-corrected chi connectivity index (χ4v) is 3.78. The lowest BCUT2D eigenvalue weighted by Crippen LogP contribution is -2.46. The van der Waals surface area contributed by atoms with Gasteiger partial charge >= 0.3 is 12.1 Å². The Labute approximate surface area is 189 Å². The number of amides is 2. The number of halogens is 1. The number of rotatable bonds is 7. The van der Waals surface area contributed by atoms with Gasteiger partial charge in [0.25, 0.3) is 0 Å². The maximum absolute atomic E-state index is 12.8. The summed E-state index contributed by atoms with van der Waals surface area (Å²) < 4.78 is 10.1. The SMILES string of the molecule is COC(=O)C(Cc1ccc(Cl)cc1)NC(=O)[C@H]1CC[C@H](CNC(=O)OC(C)(C)C)CC1. The molecular formula is C23H33ClN2O5. The van der Waals surface area contributed by atoms with Crippen molar-refractivity contribution in [3.8, 4) is 0 Å². The number of ether oxygens (including phenoxy) is 2. The molecule has 1 aliphatic carbocycles. The van der Waals surface area contributed by atoms with E-state index >= 15 is 0 Å². The number of hydrogen-bond acceptors (Lipinski definition) is 5. The van der Waals surface area contributed by atoms with Gasteiger partial charge in [-0.05, 0) is 70.1 Å². The molecule has 1 aromatic rings. The van der Waals surface area contributed by atoms with E-state index < -0.39 is 23.7 Å². The highest BCUT2D eigenvalue weighted by Crippen LogP contribution is 2.29. The minimum absolute atomic E-state index is 0.136. The summed E-state index contributed by atoms with van der Waals surface area (Å²) >= 11 is 5.91. The van der Waals surface area contributed by atoms with E-state index in [0.29, 0.717) is 36.7 Å². The first-order valence-corrected chi connectivity index (χ1v) is 11.0. The molecule has 0 saturated heterocycles. The van der Waals surface area contributed by atoms with E-state index in [1.54, 1.807) is 12.1 Å². The Morgan fingerprint density at radius 1 is 1.10 bits per heavy atom. The van der Waals surface area contributed by atoms with Crippen LogP contribution in [0.4, 0.5) is 4.79 Å². The molecule has 31 heavy (non-hydrogen) atoms. The van der Waals surface area contributed by atoms with Gasteiger partial charge in [0, 0.05) is 23.9 Å². The molecule has 1 aromatic carbocycles. The number of carbonyl (C=O) groups is 3. The standard InChI is InChI=1S/C23H33ClN2O5/c1-23(2,3)31-22(29)25-14-16-5-9-17(10-6-16)20(27)26-19(21(28)30-4)13-15-7-11-18(24)12-8-15/h7-8,11-12,16-17,19H,5-6,9-10,13-14H2,1-4H3,(H,25,29)(H,26,27)/t16-,17-,19?. The van der Waals surface area contributed by atoms with Gasteiger partial charge in [-0.2, -0.15) is 0 Å². The summed E-state index contributed by atoms with van der Waals surface area (Å²) in [5, 5.41) is 6.27. The Morgan fingerprint density at radius 3 is 2.26 bits per heavy atom. The lowest BCUT2D eigenvalue weighted by Gasteiger charge is -2.29. The van der Waals surface area contributed by atoms with E-state index in [1.165, 1.54) is 7.11 Å². The number of methoxy groups -OCH3 is 1. The average Bonchev–Trinajstić information content (AvgIpc) is 2.71. The van der Waals surface area contributed by atoms with Crippen molar-refractivity contribution in [2.45, 2.75) is 64.5 Å². The first kappa shape index (κ1) is 25.0. The van der Waals surface area contributed by atoms with E-state index in [2.05, 4.69) is 10.6 Å². The average molecular weight is 453 g/mol. The van der Waals surface area contributed by atoms with Crippen LogP contribution in [0.1, 0.15) is 52.0 Å². The predicted octanol–water partition coefficient (Wildman–Crippen LogP) is 3.87. The minimum Gasteiger partial charge on any atom is -0.467 e. The molecule has 2 rings (SSSR count). The highest BCUT2D eigenvalue weighted by molar-refractivity contribution is 6.30. The maximum atomic E-state index is 12.8. The van der Waals surface area contributed by atoms with Gasteiger partial charge in [0.2, 0.25) is 5.91 Å². The van der Waals surface area contributed by atoms with Crippen molar-refractivity contribution in [2.24, 2.45) is 11.8 Å². The summed E-state index contributed by atoms with van der Waals surface area (Å²) in [7, 11) is 1.31. The Balaban J connectivity index is 1.82. The Bertz CT molecular complexity index is 752. The van der Waals surface area contributed by atoms with Gasteiger partial charge in [0.1, 0.15) is 11.6 Å². The molecule has 1 unspecified atom stereocenters. The summed E-state index contributed by atoms with van der Waals surface area (Å²) in [5.41, 5.74) is 0.360. The topological polar surface area (TPSA) is 93.7 Å². The number of benzene rings is 1. The van der Waals surface area contributed by atoms with Crippen LogP contribution in [0.25, 0.3) is 0 Å². The second-order valence-electron chi connectivity index (χ2n) is 9.02. The molecule has 1 saturated carbocycles. The van der Waals surface area contributed by atoms with Crippen LogP contribution in [0.2, 0.25) is 5.02 Å². The van der Waals surface area contributed by atoms with Crippen LogP contribution in [0.15, 0.2) is 24.3 Å². The fourth-order valence-electron chi connectivity index (χ4n) is 3.65. The molecule has 1 fully saturated rings. The molecule has 7 nitrogen and oxygen atoms in total. The molecule has 2 N–H and O–H groups in total. The predicted molar refractivity (Wildman–Crippen MR) is 119 cm³/mol. The zero-order valence-corrected chi connectivity index (χ0v) is 19.5. The third-order valence-corrected chi connectivity index (χ3v) is 5.56. The van der Waals surface area contributed by atoms with E-state index in [-0.39, 0.29) is 11.8 Å². The second-order valence-corrected chi connectivity index (χ2v) is 9.45. The summed E-state index contributed by atoms with van der Waals surface area (Å²) in [5.74, 6) is -0.460. The van der Waals surface area contributed by atoms with Gasteiger partial charge in [0.05, 0.1) is 7.11 Å². The molecule has 0 heterocycles. The van der Waals surface area contributed by atoms with Crippen LogP contribution in [0.3, 0.4) is 0 Å². The molecule has 1 atom stereocenters. The van der Waals surface area contributed by atoms with E-state index in [1.807, 2.05) is 32.9 Å². The molecular weight excluding hydrogens is 420 g/mol. The van der Waals surface area contributed by atoms with Crippen molar-refractivity contribution < 1.29 is 23.9 Å². The highest BCUT2D eigenvalue weighted by Gasteiger charge is 2.30. The monoisotopic (exact) mass is 452 g/mol. The molecule has 0 bridgehead atoms. The maximum Gasteiger partial charge on any atom is 0.407 e. The van der Waals surface area contributed by atoms with Crippen LogP contribution in [-0.4, -0.2) is 43.3 Å². The minimum atomic E-state index is -0.745. The van der Waals surface area contributed by atoms with Crippen molar-refractivity contribution in [3.05, 3.63) is 34.9 Å².